The van der Waals surface area contributed by atoms with Gasteiger partial charge < -0.3 is 9.90 Å². The molecule has 0 saturated carbocycles. The number of carbonyl (C=O) groups excluding carboxylic acids is 1. The molecule has 48 valence electrons. The van der Waals surface area contributed by atoms with E-state index in [9.17, 15) is 9.90 Å². The molecule has 0 amide bonds. The van der Waals surface area contributed by atoms with Crippen molar-refractivity contribution in [2.75, 3.05) is 0 Å². The molecule has 0 aromatic heterocycles. The molecule has 0 aromatic carbocycles. The number of carboxylic acids is 1. The predicted octanol–water partition coefficient (Wildman–Crippen LogP) is -3.16. The third-order valence-corrected chi connectivity index (χ3v) is 1.02. The smallest absolute Gasteiger partial charge is 0.550 e. The monoisotopic (exact) mass is 156 g/mol. The fraction of sp³-hybridized carbons (Fsp3) is 0.800. The Morgan fingerprint density at radius 1 is 1.78 bits per heavy atom. The average molecular weight is 156 g/mol. The van der Waals surface area contributed by atoms with Crippen LogP contribution in [0, 0.1) is 0 Å². The van der Waals surface area contributed by atoms with E-state index >= 15 is 0 Å². The van der Waals surface area contributed by atoms with E-state index in [2.05, 4.69) is 12.6 Å². The molecule has 0 saturated heterocycles. The summed E-state index contributed by atoms with van der Waals surface area (Å²) < 4.78 is 0. The molecule has 0 heterocycles. The maximum absolute atomic E-state index is 9.76. The summed E-state index contributed by atoms with van der Waals surface area (Å²) >= 11 is 3.98. The van der Waals surface area contributed by atoms with Crippen LogP contribution < -0.4 is 34.7 Å². The van der Waals surface area contributed by atoms with Gasteiger partial charge in [-0.05, 0) is 18.1 Å². The maximum atomic E-state index is 9.76. The van der Waals surface area contributed by atoms with Gasteiger partial charge in [-0.3, -0.25) is 0 Å². The number of hydrogen-bond donors (Lipinski definition) is 1. The SMILES string of the molecule is C[C@@H](S)CCC(=O)[O-].[Na+]. The minimum absolute atomic E-state index is 0. The van der Waals surface area contributed by atoms with E-state index in [0.717, 1.165) is 0 Å². The number of thiol groups is 1. The minimum atomic E-state index is -0.995. The van der Waals surface area contributed by atoms with Crippen LogP contribution in [0.25, 0.3) is 0 Å². The number of rotatable bonds is 3. The molecule has 0 aromatic rings. The van der Waals surface area contributed by atoms with Crippen LogP contribution in [0.15, 0.2) is 0 Å². The Hall–Kier alpha value is 0.820. The van der Waals surface area contributed by atoms with Crippen molar-refractivity contribution in [1.82, 2.24) is 0 Å². The molecule has 0 aliphatic rings. The normalized spacial score (nSPS) is 11.8. The molecule has 0 unspecified atom stereocenters. The largest absolute Gasteiger partial charge is 1.00 e. The molecule has 0 radical (unpaired) electrons. The first-order valence-electron chi connectivity index (χ1n) is 2.51. The van der Waals surface area contributed by atoms with Crippen molar-refractivity contribution in [1.29, 1.82) is 0 Å². The van der Waals surface area contributed by atoms with Crippen molar-refractivity contribution in [3.05, 3.63) is 0 Å². The van der Waals surface area contributed by atoms with Crippen molar-refractivity contribution in [2.24, 2.45) is 0 Å². The molecule has 0 spiro atoms. The fourth-order valence-electron chi connectivity index (χ4n) is 0.327. The van der Waals surface area contributed by atoms with Crippen LogP contribution in [0.1, 0.15) is 19.8 Å². The van der Waals surface area contributed by atoms with Crippen LogP contribution in [0.2, 0.25) is 0 Å². The van der Waals surface area contributed by atoms with E-state index in [-0.39, 0.29) is 41.2 Å². The second kappa shape index (κ2) is 6.93. The van der Waals surface area contributed by atoms with Crippen molar-refractivity contribution >= 4 is 18.6 Å². The van der Waals surface area contributed by atoms with Gasteiger partial charge >= 0.3 is 29.6 Å². The Morgan fingerprint density at radius 3 is 2.33 bits per heavy atom. The summed E-state index contributed by atoms with van der Waals surface area (Å²) in [5.41, 5.74) is 0. The van der Waals surface area contributed by atoms with Crippen molar-refractivity contribution in [3.63, 3.8) is 0 Å². The van der Waals surface area contributed by atoms with Gasteiger partial charge in [-0.2, -0.15) is 12.6 Å². The summed E-state index contributed by atoms with van der Waals surface area (Å²) in [7, 11) is 0. The molecular weight excluding hydrogens is 147 g/mol. The molecule has 9 heavy (non-hydrogen) atoms. The van der Waals surface area contributed by atoms with Gasteiger partial charge in [-0.15, -0.1) is 0 Å². The van der Waals surface area contributed by atoms with Crippen LogP contribution in [-0.4, -0.2) is 11.2 Å². The van der Waals surface area contributed by atoms with Crippen molar-refractivity contribution < 1.29 is 39.5 Å². The van der Waals surface area contributed by atoms with Gasteiger partial charge in [0.1, 0.15) is 0 Å². The third-order valence-electron chi connectivity index (χ3n) is 0.766. The Balaban J connectivity index is 0. The zero-order valence-electron chi connectivity index (χ0n) is 5.76. The van der Waals surface area contributed by atoms with Crippen LogP contribution >= 0.6 is 12.6 Å². The van der Waals surface area contributed by atoms with E-state index < -0.39 is 5.97 Å². The van der Waals surface area contributed by atoms with E-state index in [1.165, 1.54) is 0 Å². The van der Waals surface area contributed by atoms with E-state index in [0.29, 0.717) is 6.42 Å². The average Bonchev–Trinajstić information content (AvgIpc) is 1.61. The van der Waals surface area contributed by atoms with Crippen LogP contribution in [-0.2, 0) is 4.79 Å². The summed E-state index contributed by atoms with van der Waals surface area (Å²) in [5, 5.41) is 9.92. The topological polar surface area (TPSA) is 40.1 Å². The zero-order valence-corrected chi connectivity index (χ0v) is 8.65. The Bertz CT molecular complexity index is 85.0. The first-order valence-corrected chi connectivity index (χ1v) is 3.02. The van der Waals surface area contributed by atoms with E-state index in [1.807, 2.05) is 6.92 Å². The van der Waals surface area contributed by atoms with E-state index in [4.69, 9.17) is 0 Å². The van der Waals surface area contributed by atoms with Gasteiger partial charge in [0.15, 0.2) is 0 Å². The van der Waals surface area contributed by atoms with Gasteiger partial charge in [-0.25, -0.2) is 0 Å². The standard InChI is InChI=1S/C5H10O2S.Na/c1-4(8)2-3-5(6)7;/h4,8H,2-3H2,1H3,(H,6,7);/q;+1/p-1/t4-;/m1./s1. The van der Waals surface area contributed by atoms with Crippen LogP contribution in [0.4, 0.5) is 0 Å². The second-order valence-electron chi connectivity index (χ2n) is 1.76. The first kappa shape index (κ1) is 12.5. The van der Waals surface area contributed by atoms with Crippen LogP contribution in [0.3, 0.4) is 0 Å². The molecular formula is C5H9NaO2S. The Kier molecular flexibility index (Phi) is 9.62. The summed E-state index contributed by atoms with van der Waals surface area (Å²) in [6.07, 6.45) is 0.704. The van der Waals surface area contributed by atoms with Crippen molar-refractivity contribution in [3.8, 4) is 0 Å². The summed E-state index contributed by atoms with van der Waals surface area (Å²) in [4.78, 5) is 9.76. The predicted molar refractivity (Wildman–Crippen MR) is 32.7 cm³/mol. The molecule has 0 N–H and O–H groups in total. The van der Waals surface area contributed by atoms with Gasteiger partial charge in [0.2, 0.25) is 0 Å². The van der Waals surface area contributed by atoms with Crippen molar-refractivity contribution in [2.45, 2.75) is 25.0 Å². The third kappa shape index (κ3) is 12.1. The first-order chi connectivity index (χ1) is 3.63. The second-order valence-corrected chi connectivity index (χ2v) is 2.64. The molecule has 0 aliphatic carbocycles. The Labute approximate surface area is 82.7 Å². The zero-order chi connectivity index (χ0) is 6.57. The maximum Gasteiger partial charge on any atom is 1.00 e. The van der Waals surface area contributed by atoms with Gasteiger partial charge in [0.25, 0.3) is 0 Å². The molecule has 0 fully saturated rings. The molecule has 0 rings (SSSR count). The molecule has 0 aliphatic heterocycles. The van der Waals surface area contributed by atoms with Gasteiger partial charge in [-0.1, -0.05) is 6.92 Å². The molecule has 1 atom stereocenters. The number of hydrogen-bond acceptors (Lipinski definition) is 3. The minimum Gasteiger partial charge on any atom is -0.550 e. The van der Waals surface area contributed by atoms with Gasteiger partial charge in [0, 0.05) is 5.97 Å². The molecule has 4 heteroatoms. The summed E-state index contributed by atoms with van der Waals surface area (Å²) in [6.45, 7) is 1.85. The number of aliphatic carboxylic acids is 1. The molecule has 0 bridgehead atoms. The summed E-state index contributed by atoms with van der Waals surface area (Å²) in [5.74, 6) is -0.995. The Morgan fingerprint density at radius 2 is 2.22 bits per heavy atom. The van der Waals surface area contributed by atoms with Gasteiger partial charge in [0.05, 0.1) is 0 Å². The number of carboxylic acid groups (broad SMARTS) is 1. The number of carbonyl (C=O) groups is 1. The van der Waals surface area contributed by atoms with E-state index in [1.54, 1.807) is 0 Å². The van der Waals surface area contributed by atoms with Crippen LogP contribution in [0.5, 0.6) is 0 Å². The fourth-order valence-corrected chi connectivity index (χ4v) is 0.456. The quantitative estimate of drug-likeness (QED) is 0.346. The molecule has 2 nitrogen and oxygen atoms in total. The summed E-state index contributed by atoms with van der Waals surface area (Å²) in [6, 6.07) is 0.